The lowest BCUT2D eigenvalue weighted by molar-refractivity contribution is 0.142. The number of piperidine rings is 1. The lowest BCUT2D eigenvalue weighted by Gasteiger charge is -2.33. The Morgan fingerprint density at radius 2 is 2.00 bits per heavy atom. The molecule has 1 heterocycles. The molecule has 0 bridgehead atoms. The molecule has 1 aliphatic heterocycles. The molecule has 0 atom stereocenters. The molecule has 0 unspecified atom stereocenters. The van der Waals surface area contributed by atoms with Crippen molar-refractivity contribution in [2.24, 2.45) is 5.92 Å². The third kappa shape index (κ3) is 5.04. The van der Waals surface area contributed by atoms with E-state index in [0.717, 1.165) is 37.9 Å². The highest BCUT2D eigenvalue weighted by Gasteiger charge is 2.21. The number of benzene rings is 1. The van der Waals surface area contributed by atoms with Crippen molar-refractivity contribution in [3.8, 4) is 0 Å². The lowest BCUT2D eigenvalue weighted by atomic mass is 9.94. The molecule has 1 aliphatic rings. The van der Waals surface area contributed by atoms with Crippen LogP contribution in [-0.2, 0) is 11.3 Å². The van der Waals surface area contributed by atoms with Crippen molar-refractivity contribution < 1.29 is 14.6 Å². The molecule has 1 aromatic rings. The fourth-order valence-electron chi connectivity index (χ4n) is 2.56. The van der Waals surface area contributed by atoms with Crippen LogP contribution in [0.2, 0.25) is 0 Å². The molecule has 1 saturated heterocycles. The van der Waals surface area contributed by atoms with Crippen LogP contribution in [0.1, 0.15) is 24.8 Å². The monoisotopic (exact) mass is 305 g/mol. The van der Waals surface area contributed by atoms with Gasteiger partial charge in [0.2, 0.25) is 5.96 Å². The summed E-state index contributed by atoms with van der Waals surface area (Å²) in [4.78, 5) is 13.5. The van der Waals surface area contributed by atoms with Gasteiger partial charge in [0, 0.05) is 19.7 Å². The van der Waals surface area contributed by atoms with Gasteiger partial charge in [0.25, 0.3) is 0 Å². The van der Waals surface area contributed by atoms with E-state index >= 15 is 0 Å². The predicted octanol–water partition coefficient (Wildman–Crippen LogP) is 1.94. The molecule has 6 nitrogen and oxygen atoms in total. The first-order valence-corrected chi connectivity index (χ1v) is 7.61. The molecule has 2 rings (SSSR count). The van der Waals surface area contributed by atoms with Crippen LogP contribution in [0, 0.1) is 11.3 Å². The van der Waals surface area contributed by atoms with E-state index in [9.17, 15) is 4.79 Å². The topological polar surface area (TPSA) is 85.7 Å². The largest absolute Gasteiger partial charge is 0.444 e. The average Bonchev–Trinajstić information content (AvgIpc) is 2.55. The number of amides is 1. The second-order valence-electron chi connectivity index (χ2n) is 5.48. The minimum absolute atomic E-state index is 0.0838. The summed E-state index contributed by atoms with van der Waals surface area (Å²) in [6.07, 6.45) is 2.08. The van der Waals surface area contributed by atoms with Gasteiger partial charge in [0.15, 0.2) is 0 Å². The molecule has 22 heavy (non-hydrogen) atoms. The lowest BCUT2D eigenvalue weighted by Crippen LogP contribution is -2.47. The molecular weight excluding hydrogens is 282 g/mol. The number of aliphatic hydroxyl groups is 1. The van der Waals surface area contributed by atoms with Gasteiger partial charge in [-0.25, -0.2) is 4.79 Å². The van der Waals surface area contributed by atoms with Crippen molar-refractivity contribution in [1.82, 2.24) is 10.2 Å². The van der Waals surface area contributed by atoms with Crippen molar-refractivity contribution in [1.29, 1.82) is 5.41 Å². The Morgan fingerprint density at radius 1 is 1.32 bits per heavy atom. The maximum atomic E-state index is 11.7. The molecular formula is C16H23N3O3. The quantitative estimate of drug-likeness (QED) is 0.586. The Bertz CT molecular complexity index is 485. The Morgan fingerprint density at radius 3 is 2.64 bits per heavy atom. The van der Waals surface area contributed by atoms with E-state index in [4.69, 9.17) is 15.3 Å². The van der Waals surface area contributed by atoms with Gasteiger partial charge in [-0.3, -0.25) is 10.7 Å². The van der Waals surface area contributed by atoms with Crippen LogP contribution in [0.15, 0.2) is 30.3 Å². The van der Waals surface area contributed by atoms with Gasteiger partial charge < -0.3 is 14.7 Å². The zero-order valence-electron chi connectivity index (χ0n) is 12.6. The average molecular weight is 305 g/mol. The molecule has 0 aliphatic carbocycles. The number of carbonyl (C=O) groups is 1. The van der Waals surface area contributed by atoms with Crippen LogP contribution >= 0.6 is 0 Å². The van der Waals surface area contributed by atoms with Crippen LogP contribution in [-0.4, -0.2) is 41.8 Å². The van der Waals surface area contributed by atoms with Gasteiger partial charge in [0.1, 0.15) is 6.61 Å². The number of ether oxygens (including phenoxy) is 1. The molecule has 1 amide bonds. The minimum Gasteiger partial charge on any atom is -0.444 e. The van der Waals surface area contributed by atoms with Crippen LogP contribution < -0.4 is 5.32 Å². The zero-order valence-corrected chi connectivity index (χ0v) is 12.6. The number of nitrogens with zero attached hydrogens (tertiary/aromatic N) is 1. The number of nitrogens with one attached hydrogen (secondary N) is 2. The first-order valence-electron chi connectivity index (χ1n) is 7.61. The number of rotatable bonds is 4. The van der Waals surface area contributed by atoms with E-state index in [0.29, 0.717) is 5.92 Å². The molecule has 3 N–H and O–H groups in total. The molecule has 120 valence electrons. The van der Waals surface area contributed by atoms with Gasteiger partial charge >= 0.3 is 6.09 Å². The van der Waals surface area contributed by atoms with E-state index < -0.39 is 6.09 Å². The number of aliphatic hydroxyl groups excluding tert-OH is 1. The van der Waals surface area contributed by atoms with Crippen molar-refractivity contribution in [2.75, 3.05) is 19.7 Å². The number of alkyl carbamates (subject to hydrolysis) is 1. The SMILES string of the molecule is N=C(NC(=O)OCc1ccccc1)N1CCC(CCO)CC1. The van der Waals surface area contributed by atoms with Crippen LogP contribution in [0.4, 0.5) is 4.79 Å². The maximum absolute atomic E-state index is 11.7. The summed E-state index contributed by atoms with van der Waals surface area (Å²) in [6.45, 7) is 1.86. The van der Waals surface area contributed by atoms with Crippen molar-refractivity contribution in [2.45, 2.75) is 25.9 Å². The summed E-state index contributed by atoms with van der Waals surface area (Å²) in [6, 6.07) is 9.43. The number of hydrogen-bond acceptors (Lipinski definition) is 4. The van der Waals surface area contributed by atoms with E-state index in [1.54, 1.807) is 0 Å². The fraction of sp³-hybridized carbons (Fsp3) is 0.500. The highest BCUT2D eigenvalue weighted by molar-refractivity contribution is 5.92. The molecule has 0 aromatic heterocycles. The van der Waals surface area contributed by atoms with Gasteiger partial charge in [-0.15, -0.1) is 0 Å². The van der Waals surface area contributed by atoms with Crippen molar-refractivity contribution in [3.05, 3.63) is 35.9 Å². The van der Waals surface area contributed by atoms with Gasteiger partial charge in [0.05, 0.1) is 0 Å². The van der Waals surface area contributed by atoms with Crippen LogP contribution in [0.3, 0.4) is 0 Å². The van der Waals surface area contributed by atoms with Gasteiger partial charge in [-0.1, -0.05) is 30.3 Å². The second kappa shape index (κ2) is 8.38. The normalized spacial score (nSPS) is 15.4. The first-order chi connectivity index (χ1) is 10.7. The van der Waals surface area contributed by atoms with Crippen LogP contribution in [0.5, 0.6) is 0 Å². The summed E-state index contributed by atoms with van der Waals surface area (Å²) in [5.41, 5.74) is 0.911. The van der Waals surface area contributed by atoms with E-state index in [1.165, 1.54) is 0 Å². The standard InChI is InChI=1S/C16H23N3O3/c17-15(19-9-6-13(7-10-19)8-11-20)18-16(21)22-12-14-4-2-1-3-5-14/h1-5,13,20H,6-12H2,(H2,17,18,21). The molecule has 1 fully saturated rings. The Kier molecular flexibility index (Phi) is 6.21. The smallest absolute Gasteiger partial charge is 0.414 e. The number of carbonyl (C=O) groups excluding carboxylic acids is 1. The number of likely N-dealkylation sites (tertiary alicyclic amines) is 1. The fourth-order valence-corrected chi connectivity index (χ4v) is 2.56. The van der Waals surface area contributed by atoms with Gasteiger partial charge in [-0.05, 0) is 30.7 Å². The summed E-state index contributed by atoms with van der Waals surface area (Å²) in [7, 11) is 0. The highest BCUT2D eigenvalue weighted by Crippen LogP contribution is 2.19. The third-order valence-electron chi connectivity index (χ3n) is 3.90. The summed E-state index contributed by atoms with van der Waals surface area (Å²) in [5.74, 6) is 0.597. The molecule has 0 radical (unpaired) electrons. The van der Waals surface area contributed by atoms with Crippen LogP contribution in [0.25, 0.3) is 0 Å². The predicted molar refractivity (Wildman–Crippen MR) is 83.5 cm³/mol. The summed E-state index contributed by atoms with van der Waals surface area (Å²) < 4.78 is 5.10. The second-order valence-corrected chi connectivity index (χ2v) is 5.48. The Labute approximate surface area is 130 Å². The third-order valence-corrected chi connectivity index (χ3v) is 3.90. The van der Waals surface area contributed by atoms with Crippen molar-refractivity contribution in [3.63, 3.8) is 0 Å². The molecule has 6 heteroatoms. The van der Waals surface area contributed by atoms with Crippen molar-refractivity contribution >= 4 is 12.1 Å². The first kappa shape index (κ1) is 16.3. The van der Waals surface area contributed by atoms with Gasteiger partial charge in [-0.2, -0.15) is 0 Å². The summed E-state index contributed by atoms with van der Waals surface area (Å²) in [5, 5.41) is 19.3. The van der Waals surface area contributed by atoms with E-state index in [1.807, 2.05) is 35.2 Å². The summed E-state index contributed by atoms with van der Waals surface area (Å²) >= 11 is 0. The Hall–Kier alpha value is -2.08. The number of hydrogen-bond donors (Lipinski definition) is 3. The Balaban J connectivity index is 1.69. The maximum Gasteiger partial charge on any atom is 0.414 e. The molecule has 0 spiro atoms. The zero-order chi connectivity index (χ0) is 15.8. The molecule has 1 aromatic carbocycles. The highest BCUT2D eigenvalue weighted by atomic mass is 16.5. The number of guanidine groups is 1. The minimum atomic E-state index is -0.605. The molecule has 0 saturated carbocycles. The van der Waals surface area contributed by atoms with E-state index in [-0.39, 0.29) is 19.2 Å². The van der Waals surface area contributed by atoms with E-state index in [2.05, 4.69) is 5.32 Å².